The standard InChI is InChI=1S/C22H33N3O6/c1-22(2)11-8-16(26)25(21(22)30)24-20(29)18(27)17(14-9-12-31-13-10-14)23-19(28)15-6-4-3-5-7-15/h14-15,17H,3-13H2,1-2H3,(H,23,28)(H,24,29). The maximum Gasteiger partial charge on any atom is 0.308 e. The number of amides is 4. The van der Waals surface area contributed by atoms with Crippen LogP contribution in [0.2, 0.25) is 0 Å². The van der Waals surface area contributed by atoms with Crippen molar-refractivity contribution in [1.29, 1.82) is 0 Å². The number of ketones is 1. The van der Waals surface area contributed by atoms with Crippen molar-refractivity contribution in [3.8, 4) is 0 Å². The minimum atomic E-state index is -1.06. The van der Waals surface area contributed by atoms with E-state index in [9.17, 15) is 24.0 Å². The van der Waals surface area contributed by atoms with E-state index in [-0.39, 0.29) is 24.2 Å². The Hall–Kier alpha value is -2.29. The summed E-state index contributed by atoms with van der Waals surface area (Å²) in [6.45, 7) is 4.29. The number of hydrogen-bond donors (Lipinski definition) is 2. The van der Waals surface area contributed by atoms with Gasteiger partial charge in [-0.3, -0.25) is 29.4 Å². The van der Waals surface area contributed by atoms with Crippen molar-refractivity contribution >= 4 is 29.4 Å². The van der Waals surface area contributed by atoms with Crippen molar-refractivity contribution in [1.82, 2.24) is 15.8 Å². The number of carbonyl (C=O) groups is 5. The zero-order chi connectivity index (χ0) is 22.6. The quantitative estimate of drug-likeness (QED) is 0.478. The molecule has 1 atom stereocenters. The van der Waals surface area contributed by atoms with E-state index in [1.54, 1.807) is 13.8 Å². The number of nitrogens with one attached hydrogen (secondary N) is 2. The van der Waals surface area contributed by atoms with Gasteiger partial charge in [0.05, 0.1) is 0 Å². The smallest absolute Gasteiger partial charge is 0.308 e. The normalized spacial score (nSPS) is 23.9. The van der Waals surface area contributed by atoms with Gasteiger partial charge in [0.25, 0.3) is 5.91 Å². The Balaban J connectivity index is 1.72. The molecule has 1 saturated carbocycles. The molecule has 1 aliphatic carbocycles. The van der Waals surface area contributed by atoms with E-state index in [0.29, 0.717) is 37.5 Å². The van der Waals surface area contributed by atoms with Gasteiger partial charge >= 0.3 is 5.91 Å². The van der Waals surface area contributed by atoms with Gasteiger partial charge in [-0.25, -0.2) is 0 Å². The first-order chi connectivity index (χ1) is 14.7. The fourth-order valence-corrected chi connectivity index (χ4v) is 4.55. The van der Waals surface area contributed by atoms with Gasteiger partial charge in [-0.05, 0) is 38.0 Å². The number of piperidine rings is 1. The summed E-state index contributed by atoms with van der Waals surface area (Å²) in [4.78, 5) is 63.4. The van der Waals surface area contributed by atoms with E-state index in [0.717, 1.165) is 32.1 Å². The van der Waals surface area contributed by atoms with Crippen LogP contribution in [-0.2, 0) is 28.7 Å². The molecule has 3 aliphatic rings. The number of hydrogen-bond acceptors (Lipinski definition) is 6. The first-order valence-electron chi connectivity index (χ1n) is 11.3. The van der Waals surface area contributed by atoms with E-state index in [2.05, 4.69) is 10.7 Å². The molecule has 3 rings (SSSR count). The molecule has 9 nitrogen and oxygen atoms in total. The Labute approximate surface area is 182 Å². The molecule has 0 spiro atoms. The van der Waals surface area contributed by atoms with Crippen LogP contribution in [0, 0.1) is 17.3 Å². The molecule has 0 aromatic carbocycles. The van der Waals surface area contributed by atoms with Gasteiger partial charge in [-0.15, -0.1) is 0 Å². The Bertz CT molecular complexity index is 738. The van der Waals surface area contributed by atoms with E-state index < -0.39 is 35.0 Å². The first-order valence-corrected chi connectivity index (χ1v) is 11.3. The Morgan fingerprint density at radius 1 is 1.03 bits per heavy atom. The number of imide groups is 1. The summed E-state index contributed by atoms with van der Waals surface area (Å²) in [6, 6.07) is -0.999. The molecular weight excluding hydrogens is 402 g/mol. The van der Waals surface area contributed by atoms with Crippen molar-refractivity contribution < 1.29 is 28.7 Å². The summed E-state index contributed by atoms with van der Waals surface area (Å²) in [5.74, 6) is -3.57. The predicted octanol–water partition coefficient (Wildman–Crippen LogP) is 1.25. The van der Waals surface area contributed by atoms with Crippen LogP contribution in [-0.4, -0.2) is 53.7 Å². The monoisotopic (exact) mass is 435 g/mol. The zero-order valence-electron chi connectivity index (χ0n) is 18.4. The molecule has 172 valence electrons. The van der Waals surface area contributed by atoms with Crippen LogP contribution in [0.5, 0.6) is 0 Å². The van der Waals surface area contributed by atoms with Gasteiger partial charge < -0.3 is 10.1 Å². The molecule has 4 amide bonds. The Kier molecular flexibility index (Phi) is 7.46. The average molecular weight is 436 g/mol. The highest BCUT2D eigenvalue weighted by atomic mass is 16.5. The lowest BCUT2D eigenvalue weighted by molar-refractivity contribution is -0.164. The molecule has 2 N–H and O–H groups in total. The second-order valence-corrected chi connectivity index (χ2v) is 9.49. The lowest BCUT2D eigenvalue weighted by Crippen LogP contribution is -2.61. The van der Waals surface area contributed by atoms with Crippen molar-refractivity contribution in [2.75, 3.05) is 13.2 Å². The second-order valence-electron chi connectivity index (χ2n) is 9.49. The fourth-order valence-electron chi connectivity index (χ4n) is 4.55. The minimum absolute atomic E-state index is 0.106. The maximum absolute atomic E-state index is 13.1. The van der Waals surface area contributed by atoms with Gasteiger partial charge in [0.2, 0.25) is 17.6 Å². The molecule has 0 aromatic rings. The lowest BCUT2D eigenvalue weighted by atomic mass is 9.83. The van der Waals surface area contributed by atoms with Gasteiger partial charge in [0, 0.05) is 31.0 Å². The maximum atomic E-state index is 13.1. The van der Waals surface area contributed by atoms with Crippen molar-refractivity contribution in [2.45, 2.75) is 77.7 Å². The van der Waals surface area contributed by atoms with E-state index in [1.165, 1.54) is 0 Å². The molecule has 0 radical (unpaired) electrons. The number of rotatable bonds is 6. The van der Waals surface area contributed by atoms with Crippen LogP contribution in [0.3, 0.4) is 0 Å². The highest BCUT2D eigenvalue weighted by Crippen LogP contribution is 2.30. The summed E-state index contributed by atoms with van der Waals surface area (Å²) >= 11 is 0. The van der Waals surface area contributed by atoms with Gasteiger partial charge in [0.1, 0.15) is 6.04 Å². The summed E-state index contributed by atoms with van der Waals surface area (Å²) in [7, 11) is 0. The highest BCUT2D eigenvalue weighted by Gasteiger charge is 2.43. The summed E-state index contributed by atoms with van der Waals surface area (Å²) in [5, 5.41) is 3.48. The van der Waals surface area contributed by atoms with Crippen LogP contribution in [0.4, 0.5) is 0 Å². The summed E-state index contributed by atoms with van der Waals surface area (Å²) in [5.41, 5.74) is 1.40. The molecule has 31 heavy (non-hydrogen) atoms. The van der Waals surface area contributed by atoms with Crippen LogP contribution in [0.1, 0.15) is 71.6 Å². The van der Waals surface area contributed by atoms with Crippen LogP contribution in [0.15, 0.2) is 0 Å². The molecule has 0 bridgehead atoms. The van der Waals surface area contributed by atoms with Gasteiger partial charge in [-0.2, -0.15) is 5.01 Å². The Morgan fingerprint density at radius 3 is 2.32 bits per heavy atom. The third kappa shape index (κ3) is 5.50. The molecule has 9 heteroatoms. The number of Topliss-reactive ketones (excluding diaryl/α,β-unsaturated/α-hetero) is 1. The lowest BCUT2D eigenvalue weighted by Gasteiger charge is -2.35. The summed E-state index contributed by atoms with van der Waals surface area (Å²) in [6.07, 6.45) is 6.18. The van der Waals surface area contributed by atoms with Gasteiger partial charge in [0.15, 0.2) is 0 Å². The van der Waals surface area contributed by atoms with Crippen LogP contribution in [0.25, 0.3) is 0 Å². The number of nitrogens with zero attached hydrogens (tertiary/aromatic N) is 1. The molecule has 2 heterocycles. The van der Waals surface area contributed by atoms with E-state index in [4.69, 9.17) is 4.74 Å². The first kappa shape index (κ1) is 23.4. The van der Waals surface area contributed by atoms with Crippen LogP contribution < -0.4 is 10.7 Å². The molecule has 3 fully saturated rings. The van der Waals surface area contributed by atoms with Crippen molar-refractivity contribution in [2.24, 2.45) is 17.3 Å². The van der Waals surface area contributed by atoms with Crippen LogP contribution >= 0.6 is 0 Å². The predicted molar refractivity (Wildman–Crippen MR) is 110 cm³/mol. The van der Waals surface area contributed by atoms with Gasteiger partial charge in [-0.1, -0.05) is 33.1 Å². The topological polar surface area (TPSA) is 122 Å². The Morgan fingerprint density at radius 2 is 1.68 bits per heavy atom. The average Bonchev–Trinajstić information content (AvgIpc) is 2.78. The second kappa shape index (κ2) is 9.89. The molecule has 0 aromatic heterocycles. The third-order valence-electron chi connectivity index (χ3n) is 6.73. The fraction of sp³-hybridized carbons (Fsp3) is 0.773. The number of ether oxygens (including phenoxy) is 1. The third-order valence-corrected chi connectivity index (χ3v) is 6.73. The minimum Gasteiger partial charge on any atom is -0.381 e. The number of carbonyl (C=O) groups excluding carboxylic acids is 5. The molecule has 1 unspecified atom stereocenters. The summed E-state index contributed by atoms with van der Waals surface area (Å²) < 4.78 is 5.36. The highest BCUT2D eigenvalue weighted by molar-refractivity contribution is 6.38. The van der Waals surface area contributed by atoms with E-state index >= 15 is 0 Å². The van der Waals surface area contributed by atoms with E-state index in [1.807, 2.05) is 0 Å². The number of hydrazine groups is 1. The van der Waals surface area contributed by atoms with Crippen molar-refractivity contribution in [3.05, 3.63) is 0 Å². The molecule has 2 aliphatic heterocycles. The SMILES string of the molecule is CC1(C)CCC(=O)N(NC(=O)C(=O)C(NC(=O)C2CCCCC2)C2CCOCC2)C1=O. The largest absolute Gasteiger partial charge is 0.381 e. The molecule has 2 saturated heterocycles. The molecular formula is C22H33N3O6. The zero-order valence-corrected chi connectivity index (χ0v) is 18.4. The van der Waals surface area contributed by atoms with Crippen molar-refractivity contribution in [3.63, 3.8) is 0 Å².